The average Bonchev–Trinajstić information content (AvgIpc) is 3.53. The number of aryl methyl sites for hydroxylation is 1. The number of esters is 1. The number of halogens is 2. The van der Waals surface area contributed by atoms with Gasteiger partial charge in [0.15, 0.2) is 11.6 Å². The second kappa shape index (κ2) is 12.0. The summed E-state index contributed by atoms with van der Waals surface area (Å²) in [5, 5.41) is 4.74. The van der Waals surface area contributed by atoms with E-state index in [-0.39, 0.29) is 40.2 Å². The number of ether oxygens (including phenoxy) is 2. The highest BCUT2D eigenvalue weighted by Crippen LogP contribution is 2.28. The largest absolute Gasteiger partial charge is 0.468 e. The van der Waals surface area contributed by atoms with Crippen molar-refractivity contribution in [3.8, 4) is 11.6 Å². The molecular weight excluding hydrogens is 542 g/mol. The summed E-state index contributed by atoms with van der Waals surface area (Å²) in [7, 11) is 1.27. The lowest BCUT2D eigenvalue weighted by atomic mass is 10.1. The van der Waals surface area contributed by atoms with E-state index in [0.29, 0.717) is 22.2 Å². The van der Waals surface area contributed by atoms with Crippen LogP contribution in [0.3, 0.4) is 0 Å². The Morgan fingerprint density at radius 1 is 1.20 bits per heavy atom. The Kier molecular flexibility index (Phi) is 8.53. The number of hydrogen-bond acceptors (Lipinski definition) is 9. The number of carbonyl (C=O) groups is 2. The van der Waals surface area contributed by atoms with Crippen molar-refractivity contribution >= 4 is 46.1 Å². The molecule has 0 aliphatic carbocycles. The number of fused-ring (bicyclic) bond motifs is 1. The van der Waals surface area contributed by atoms with Crippen LogP contribution in [0, 0.1) is 12.7 Å². The van der Waals surface area contributed by atoms with Crippen LogP contribution in [0.4, 0.5) is 20.3 Å². The van der Waals surface area contributed by atoms with Crippen molar-refractivity contribution in [1.29, 1.82) is 0 Å². The molecule has 0 saturated heterocycles. The van der Waals surface area contributed by atoms with Gasteiger partial charge in [0.2, 0.25) is 11.7 Å². The van der Waals surface area contributed by atoms with Gasteiger partial charge in [-0.05, 0) is 68.6 Å². The zero-order chi connectivity index (χ0) is 29.0. The summed E-state index contributed by atoms with van der Waals surface area (Å²) in [5.41, 5.74) is 8.42. The molecule has 0 spiro atoms. The fourth-order valence-corrected chi connectivity index (χ4v) is 4.38. The number of aromatic amines is 1. The van der Waals surface area contributed by atoms with Crippen molar-refractivity contribution in [3.63, 3.8) is 0 Å². The van der Waals surface area contributed by atoms with Gasteiger partial charge in [-0.1, -0.05) is 0 Å². The van der Waals surface area contributed by atoms with E-state index < -0.39 is 23.4 Å². The molecule has 1 aromatic carbocycles. The molecule has 0 radical (unpaired) electrons. The number of benzene rings is 1. The van der Waals surface area contributed by atoms with Crippen molar-refractivity contribution in [2.45, 2.75) is 20.8 Å². The minimum atomic E-state index is -0.555. The first kappa shape index (κ1) is 28.4. The number of pyridine rings is 1. The van der Waals surface area contributed by atoms with Gasteiger partial charge >= 0.3 is 5.97 Å². The van der Waals surface area contributed by atoms with Gasteiger partial charge in [-0.3, -0.25) is 9.59 Å². The number of nitrogens with zero attached hydrogens (tertiary/aromatic N) is 3. The molecule has 13 heteroatoms. The van der Waals surface area contributed by atoms with Gasteiger partial charge in [0.1, 0.15) is 17.4 Å². The summed E-state index contributed by atoms with van der Waals surface area (Å²) >= 11 is 0.975. The van der Waals surface area contributed by atoms with Crippen molar-refractivity contribution < 1.29 is 27.8 Å². The number of allylic oxidation sites excluding steroid dienone is 3. The Hall–Kier alpha value is -4.65. The van der Waals surface area contributed by atoms with Crippen LogP contribution in [-0.4, -0.2) is 44.4 Å². The Morgan fingerprint density at radius 2 is 1.98 bits per heavy atom. The van der Waals surface area contributed by atoms with Gasteiger partial charge in [-0.25, -0.2) is 18.4 Å². The average molecular weight is 569 g/mol. The molecule has 3 aromatic heterocycles. The fourth-order valence-electron chi connectivity index (χ4n) is 3.76. The minimum Gasteiger partial charge on any atom is -0.468 e. The van der Waals surface area contributed by atoms with Gasteiger partial charge in [0, 0.05) is 17.0 Å². The van der Waals surface area contributed by atoms with Crippen molar-refractivity contribution in [3.05, 3.63) is 83.0 Å². The molecule has 0 unspecified atom stereocenters. The molecule has 0 saturated carbocycles. The Balaban J connectivity index is 1.56. The van der Waals surface area contributed by atoms with Crippen LogP contribution >= 0.6 is 11.9 Å². The quantitative estimate of drug-likeness (QED) is 0.0755. The monoisotopic (exact) mass is 568 g/mol. The molecule has 208 valence electrons. The van der Waals surface area contributed by atoms with Gasteiger partial charge in [0.05, 0.1) is 42.1 Å². The van der Waals surface area contributed by atoms with E-state index in [4.69, 9.17) is 10.5 Å². The van der Waals surface area contributed by atoms with Crippen molar-refractivity contribution in [2.75, 3.05) is 23.3 Å². The number of carbonyl (C=O) groups excluding carboxylic acids is 2. The number of nitrogens with one attached hydrogen (secondary N) is 2. The molecule has 0 aliphatic rings. The predicted molar refractivity (Wildman–Crippen MR) is 150 cm³/mol. The first-order valence-corrected chi connectivity index (χ1v) is 12.9. The van der Waals surface area contributed by atoms with Crippen LogP contribution in [0.5, 0.6) is 5.88 Å². The lowest BCUT2D eigenvalue weighted by molar-refractivity contribution is -0.137. The maximum Gasteiger partial charge on any atom is 0.317 e. The molecule has 0 fully saturated rings. The highest BCUT2D eigenvalue weighted by molar-refractivity contribution is 8.01. The highest BCUT2D eigenvalue weighted by Gasteiger charge is 2.21. The maximum absolute atomic E-state index is 14.6. The number of aromatic nitrogens is 4. The topological polar surface area (TPSA) is 137 Å². The van der Waals surface area contributed by atoms with E-state index in [1.807, 2.05) is 0 Å². The summed E-state index contributed by atoms with van der Waals surface area (Å²) in [6.45, 7) is 4.98. The van der Waals surface area contributed by atoms with Crippen LogP contribution in [0.2, 0.25) is 0 Å². The minimum absolute atomic E-state index is 0.0119. The zero-order valence-electron chi connectivity index (χ0n) is 22.0. The molecule has 4 N–H and O–H groups in total. The molecule has 10 nitrogen and oxygen atoms in total. The third-order valence-electron chi connectivity index (χ3n) is 5.86. The van der Waals surface area contributed by atoms with E-state index >= 15 is 0 Å². The Morgan fingerprint density at radius 3 is 2.65 bits per heavy atom. The van der Waals surface area contributed by atoms with Crippen molar-refractivity contribution in [1.82, 2.24) is 19.7 Å². The normalized spacial score (nSPS) is 12.1. The van der Waals surface area contributed by atoms with Crippen LogP contribution in [0.1, 0.15) is 35.5 Å². The molecule has 0 aliphatic heterocycles. The number of nitrogens with two attached hydrogens (primary N) is 1. The molecule has 4 aromatic rings. The summed E-state index contributed by atoms with van der Waals surface area (Å²) in [6.07, 6.45) is 5.57. The molecule has 0 bridgehead atoms. The van der Waals surface area contributed by atoms with Gasteiger partial charge in [-0.15, -0.1) is 0 Å². The Labute approximate surface area is 232 Å². The highest BCUT2D eigenvalue weighted by atomic mass is 32.2. The number of H-pyrrole nitrogens is 1. The van der Waals surface area contributed by atoms with Crippen LogP contribution in [0.25, 0.3) is 16.6 Å². The molecule has 0 atom stereocenters. The lowest BCUT2D eigenvalue weighted by Gasteiger charge is -2.11. The fraction of sp³-hybridized carbons (Fsp3) is 0.185. The van der Waals surface area contributed by atoms with Gasteiger partial charge in [0.25, 0.3) is 0 Å². The van der Waals surface area contributed by atoms with Crippen LogP contribution in [-0.2, 0) is 9.53 Å². The van der Waals surface area contributed by atoms with Gasteiger partial charge in [-0.2, -0.15) is 5.10 Å². The van der Waals surface area contributed by atoms with Crippen LogP contribution in [0.15, 0.2) is 60.4 Å². The van der Waals surface area contributed by atoms with Crippen molar-refractivity contribution in [2.24, 2.45) is 0 Å². The molecule has 4 rings (SSSR count). The number of ketones is 1. The summed E-state index contributed by atoms with van der Waals surface area (Å²) in [5.74, 6) is -1.70. The van der Waals surface area contributed by atoms with Crippen LogP contribution < -0.4 is 15.2 Å². The van der Waals surface area contributed by atoms with E-state index in [2.05, 4.69) is 24.5 Å². The third kappa shape index (κ3) is 5.83. The van der Waals surface area contributed by atoms with E-state index in [1.54, 1.807) is 26.8 Å². The van der Waals surface area contributed by atoms with E-state index in [1.165, 1.54) is 54.5 Å². The summed E-state index contributed by atoms with van der Waals surface area (Å²) in [4.78, 5) is 31.8. The molecule has 40 heavy (non-hydrogen) atoms. The second-order valence-electron chi connectivity index (χ2n) is 8.45. The Bertz CT molecular complexity index is 1660. The maximum atomic E-state index is 14.6. The summed E-state index contributed by atoms with van der Waals surface area (Å²) in [6, 6.07) is 5.89. The zero-order valence-corrected chi connectivity index (χ0v) is 22.9. The van der Waals surface area contributed by atoms with Gasteiger partial charge < -0.3 is 24.9 Å². The van der Waals surface area contributed by atoms with E-state index in [0.717, 1.165) is 11.9 Å². The molecule has 3 heterocycles. The second-order valence-corrected chi connectivity index (χ2v) is 9.24. The lowest BCUT2D eigenvalue weighted by Crippen LogP contribution is -2.09. The number of hydrogen-bond donors (Lipinski definition) is 3. The van der Waals surface area contributed by atoms with E-state index in [9.17, 15) is 18.4 Å². The molecule has 0 amide bonds. The number of nitrogen functional groups attached to an aromatic ring is 1. The first-order chi connectivity index (χ1) is 19.2. The molecular formula is C27H26F2N6O4S. The predicted octanol–water partition coefficient (Wildman–Crippen LogP) is 5.40. The number of rotatable bonds is 10. The summed E-state index contributed by atoms with van der Waals surface area (Å²) < 4.78 is 42.7. The number of methoxy groups -OCH3 is 1. The number of anilines is 2. The third-order valence-corrected chi connectivity index (χ3v) is 6.60. The SMILES string of the molecule is C/C=C(F)\C(=C/C)Oc1cc(C)c(-n2ncc(C(=O)c3cc4cc(F)c(NSCC(=O)OC)cc4[nH]3)c2N)cn1. The standard InChI is InChI=1S/C27H26F2N6O4S/c1-5-17(28)23(6-2)39-24-7-14(3)22(12-31-24)35-27(30)16(11-32-35)26(37)21-9-15-8-18(29)20(10-19(15)33-21)34-40-13-25(36)38-4/h5-12,33-34H,13,30H2,1-4H3/b17-5+,23-6+. The smallest absolute Gasteiger partial charge is 0.317 e. The first-order valence-electron chi connectivity index (χ1n) is 11.9.